The number of rotatable bonds is 4. The summed E-state index contributed by atoms with van der Waals surface area (Å²) in [5.41, 5.74) is 1.41. The van der Waals surface area contributed by atoms with Gasteiger partial charge >= 0.3 is 0 Å². The second-order valence-electron chi connectivity index (χ2n) is 5.94. The van der Waals surface area contributed by atoms with Crippen molar-refractivity contribution in [3.8, 4) is 5.75 Å². The first-order valence-corrected chi connectivity index (χ1v) is 9.01. The minimum Gasteiger partial charge on any atom is -0.494 e. The number of imide groups is 1. The maximum Gasteiger partial charge on any atom is 0.291 e. The van der Waals surface area contributed by atoms with E-state index in [1.54, 1.807) is 42.5 Å². The average Bonchev–Trinajstić information content (AvgIpc) is 3.24. The van der Waals surface area contributed by atoms with Gasteiger partial charge in [0.15, 0.2) is 10.4 Å². The number of nitrogens with zero attached hydrogens (tertiary/aromatic N) is 1. The molecule has 0 aliphatic carbocycles. The van der Waals surface area contributed by atoms with Crippen molar-refractivity contribution in [1.29, 1.82) is 0 Å². The molecular weight excluding hydrogens is 428 g/mol. The van der Waals surface area contributed by atoms with Crippen molar-refractivity contribution in [2.45, 2.75) is 0 Å². The number of amides is 3. The molecule has 0 bridgehead atoms. The SMILES string of the molecule is COc1cc(NC(=O)c2ccc(Br)o2)ccc1N1C(=O)c2ccccc2C1=O. The summed E-state index contributed by atoms with van der Waals surface area (Å²) in [7, 11) is 1.42. The Hall–Kier alpha value is -3.39. The third kappa shape index (κ3) is 2.97. The lowest BCUT2D eigenvalue weighted by molar-refractivity contribution is 0.0923. The van der Waals surface area contributed by atoms with Crippen LogP contribution in [0.1, 0.15) is 31.3 Å². The zero-order valence-corrected chi connectivity index (χ0v) is 16.1. The van der Waals surface area contributed by atoms with Crippen LogP contribution in [0.4, 0.5) is 11.4 Å². The summed E-state index contributed by atoms with van der Waals surface area (Å²) in [6.07, 6.45) is 0. The van der Waals surface area contributed by atoms with E-state index in [4.69, 9.17) is 9.15 Å². The molecule has 0 saturated heterocycles. The number of hydrogen-bond donors (Lipinski definition) is 1. The maximum atomic E-state index is 12.7. The van der Waals surface area contributed by atoms with Crippen LogP contribution < -0.4 is 15.0 Å². The van der Waals surface area contributed by atoms with Crippen molar-refractivity contribution in [1.82, 2.24) is 0 Å². The number of benzene rings is 2. The smallest absolute Gasteiger partial charge is 0.291 e. The summed E-state index contributed by atoms with van der Waals surface area (Å²) in [6.45, 7) is 0. The van der Waals surface area contributed by atoms with Gasteiger partial charge in [0.1, 0.15) is 5.75 Å². The molecule has 3 amide bonds. The van der Waals surface area contributed by atoms with Crippen molar-refractivity contribution >= 4 is 45.0 Å². The number of furan rings is 1. The second kappa shape index (κ2) is 6.97. The summed E-state index contributed by atoms with van der Waals surface area (Å²) < 4.78 is 11.0. The van der Waals surface area contributed by atoms with Gasteiger partial charge < -0.3 is 14.5 Å². The van der Waals surface area contributed by atoms with Gasteiger partial charge in [0.25, 0.3) is 17.7 Å². The highest BCUT2D eigenvalue weighted by Gasteiger charge is 2.37. The van der Waals surface area contributed by atoms with E-state index in [0.29, 0.717) is 27.2 Å². The molecule has 3 aromatic rings. The number of ether oxygens (including phenoxy) is 1. The van der Waals surface area contributed by atoms with Gasteiger partial charge in [-0.3, -0.25) is 14.4 Å². The third-order valence-corrected chi connectivity index (χ3v) is 4.70. The van der Waals surface area contributed by atoms with Crippen LogP contribution in [0.25, 0.3) is 0 Å². The fourth-order valence-electron chi connectivity index (χ4n) is 2.98. The number of halogens is 1. The summed E-state index contributed by atoms with van der Waals surface area (Å²) >= 11 is 3.14. The molecule has 0 unspecified atom stereocenters. The lowest BCUT2D eigenvalue weighted by atomic mass is 10.1. The number of carbonyl (C=O) groups excluding carboxylic acids is 3. The second-order valence-corrected chi connectivity index (χ2v) is 6.72. The predicted octanol–water partition coefficient (Wildman–Crippen LogP) is 4.10. The van der Waals surface area contributed by atoms with Gasteiger partial charge in [-0.25, -0.2) is 4.90 Å². The van der Waals surface area contributed by atoms with Crippen molar-refractivity contribution in [3.05, 3.63) is 76.2 Å². The standard InChI is InChI=1S/C20H13BrN2O5/c1-27-16-10-11(22-18(24)15-8-9-17(21)28-15)6-7-14(16)23-19(25)12-4-2-3-5-13(12)20(23)26/h2-10H,1H3,(H,22,24). The first-order chi connectivity index (χ1) is 13.5. The Bertz CT molecular complexity index is 1090. The van der Waals surface area contributed by atoms with Gasteiger partial charge in [-0.1, -0.05) is 12.1 Å². The fourth-order valence-corrected chi connectivity index (χ4v) is 3.28. The van der Waals surface area contributed by atoms with E-state index in [-0.39, 0.29) is 11.5 Å². The first kappa shape index (κ1) is 18.0. The van der Waals surface area contributed by atoms with Crippen LogP contribution in [0.5, 0.6) is 5.75 Å². The van der Waals surface area contributed by atoms with Crippen LogP contribution in [-0.2, 0) is 0 Å². The molecule has 0 spiro atoms. The number of nitrogens with one attached hydrogen (secondary N) is 1. The Kier molecular flexibility index (Phi) is 4.48. The van der Waals surface area contributed by atoms with Crippen molar-refractivity contribution in [3.63, 3.8) is 0 Å². The Labute approximate surface area is 168 Å². The van der Waals surface area contributed by atoms with Gasteiger partial charge in [-0.2, -0.15) is 0 Å². The van der Waals surface area contributed by atoms with Crippen LogP contribution in [-0.4, -0.2) is 24.8 Å². The third-order valence-electron chi connectivity index (χ3n) is 4.27. The largest absolute Gasteiger partial charge is 0.494 e. The van der Waals surface area contributed by atoms with Gasteiger partial charge in [0.05, 0.1) is 23.9 Å². The molecule has 8 heteroatoms. The van der Waals surface area contributed by atoms with Gasteiger partial charge in [0.2, 0.25) is 0 Å². The summed E-state index contributed by atoms with van der Waals surface area (Å²) in [5.74, 6) is -0.878. The molecule has 0 saturated carbocycles. The highest BCUT2D eigenvalue weighted by Crippen LogP contribution is 2.36. The molecule has 0 atom stereocenters. The number of anilines is 2. The van der Waals surface area contributed by atoms with Gasteiger partial charge in [0, 0.05) is 11.8 Å². The van der Waals surface area contributed by atoms with Crippen molar-refractivity contribution < 1.29 is 23.5 Å². The van der Waals surface area contributed by atoms with Crippen LogP contribution in [0.15, 0.2) is 63.7 Å². The maximum absolute atomic E-state index is 12.7. The van der Waals surface area contributed by atoms with E-state index in [2.05, 4.69) is 21.2 Å². The molecule has 2 heterocycles. The number of methoxy groups -OCH3 is 1. The average molecular weight is 441 g/mol. The zero-order chi connectivity index (χ0) is 19.8. The molecule has 1 aromatic heterocycles. The van der Waals surface area contributed by atoms with E-state index in [9.17, 15) is 14.4 Å². The molecular formula is C20H13BrN2O5. The Balaban J connectivity index is 1.64. The predicted molar refractivity (Wildman–Crippen MR) is 105 cm³/mol. The molecule has 1 aliphatic heterocycles. The lowest BCUT2D eigenvalue weighted by Crippen LogP contribution is -2.29. The fraction of sp³-hybridized carbons (Fsp3) is 0.0500. The zero-order valence-electron chi connectivity index (χ0n) is 14.6. The molecule has 0 radical (unpaired) electrons. The molecule has 1 N–H and O–H groups in total. The Morgan fingerprint density at radius 2 is 1.71 bits per heavy atom. The molecule has 28 heavy (non-hydrogen) atoms. The number of hydrogen-bond acceptors (Lipinski definition) is 5. The monoisotopic (exact) mass is 440 g/mol. The summed E-state index contributed by atoms with van der Waals surface area (Å²) in [4.78, 5) is 38.7. The minimum absolute atomic E-state index is 0.135. The normalized spacial score (nSPS) is 12.9. The van der Waals surface area contributed by atoms with Crippen molar-refractivity contribution in [2.24, 2.45) is 0 Å². The molecule has 1 aliphatic rings. The van der Waals surface area contributed by atoms with E-state index in [1.165, 1.54) is 19.2 Å². The molecule has 4 rings (SSSR count). The molecule has 0 fully saturated rings. The Morgan fingerprint density at radius 3 is 2.29 bits per heavy atom. The number of fused-ring (bicyclic) bond motifs is 1. The van der Waals surface area contributed by atoms with E-state index in [0.717, 1.165) is 4.90 Å². The highest BCUT2D eigenvalue weighted by molar-refractivity contribution is 9.10. The van der Waals surface area contributed by atoms with E-state index >= 15 is 0 Å². The van der Waals surface area contributed by atoms with Crippen LogP contribution in [0.3, 0.4) is 0 Å². The first-order valence-electron chi connectivity index (χ1n) is 8.22. The summed E-state index contributed by atoms with van der Waals surface area (Å²) in [5, 5.41) is 2.68. The molecule has 2 aromatic carbocycles. The quantitative estimate of drug-likeness (QED) is 0.616. The van der Waals surface area contributed by atoms with Crippen molar-refractivity contribution in [2.75, 3.05) is 17.3 Å². The van der Waals surface area contributed by atoms with E-state index < -0.39 is 17.7 Å². The van der Waals surface area contributed by atoms with Gasteiger partial charge in [-0.05, 0) is 52.3 Å². The van der Waals surface area contributed by atoms with Crippen LogP contribution in [0.2, 0.25) is 0 Å². The Morgan fingerprint density at radius 1 is 1.04 bits per heavy atom. The topological polar surface area (TPSA) is 88.8 Å². The molecule has 7 nitrogen and oxygen atoms in total. The highest BCUT2D eigenvalue weighted by atomic mass is 79.9. The number of carbonyl (C=O) groups is 3. The van der Waals surface area contributed by atoms with Crippen LogP contribution >= 0.6 is 15.9 Å². The van der Waals surface area contributed by atoms with E-state index in [1.807, 2.05) is 0 Å². The lowest BCUT2D eigenvalue weighted by Gasteiger charge is -2.18. The van der Waals surface area contributed by atoms with Gasteiger partial charge in [-0.15, -0.1) is 0 Å². The molecule has 140 valence electrons. The summed E-state index contributed by atoms with van der Waals surface area (Å²) in [6, 6.07) is 14.4. The minimum atomic E-state index is -0.443. The van der Waals surface area contributed by atoms with Crippen LogP contribution in [0, 0.1) is 0 Å².